The van der Waals surface area contributed by atoms with Gasteiger partial charge in [0.25, 0.3) is 0 Å². The summed E-state index contributed by atoms with van der Waals surface area (Å²) in [7, 11) is 2.17. The number of thiazole rings is 1. The van der Waals surface area contributed by atoms with Crippen LogP contribution in [0, 0.1) is 0 Å². The van der Waals surface area contributed by atoms with Gasteiger partial charge >= 0.3 is 0 Å². The predicted octanol–water partition coefficient (Wildman–Crippen LogP) is 6.73. The minimum absolute atomic E-state index is 0.314. The first-order valence-electron chi connectivity index (χ1n) is 11.7. The lowest BCUT2D eigenvalue weighted by atomic mass is 10.0. The van der Waals surface area contributed by atoms with Gasteiger partial charge in [-0.15, -0.1) is 11.3 Å². The Hall–Kier alpha value is -3.48. The Morgan fingerprint density at radius 2 is 1.71 bits per heavy atom. The summed E-state index contributed by atoms with van der Waals surface area (Å²) in [5.74, 6) is 0.945. The van der Waals surface area contributed by atoms with Crippen molar-refractivity contribution in [1.82, 2.24) is 14.9 Å². The first-order chi connectivity index (χ1) is 16.7. The van der Waals surface area contributed by atoms with Crippen molar-refractivity contribution in [2.45, 2.75) is 18.9 Å². The molecule has 5 nitrogen and oxygen atoms in total. The number of ether oxygens (including phenoxy) is 1. The van der Waals surface area contributed by atoms with Crippen LogP contribution in [0.3, 0.4) is 0 Å². The van der Waals surface area contributed by atoms with Crippen molar-refractivity contribution in [2.75, 3.05) is 25.5 Å². The summed E-state index contributed by atoms with van der Waals surface area (Å²) in [6.07, 6.45) is 4.34. The molecule has 2 aromatic heterocycles. The number of aromatic nitrogens is 2. The van der Waals surface area contributed by atoms with E-state index in [1.165, 1.54) is 4.70 Å². The first-order valence-corrected chi connectivity index (χ1v) is 12.5. The third kappa shape index (κ3) is 4.34. The highest BCUT2D eigenvalue weighted by molar-refractivity contribution is 7.16. The Labute approximate surface area is 203 Å². The molecule has 1 aliphatic rings. The van der Waals surface area contributed by atoms with Crippen LogP contribution in [0.2, 0.25) is 0 Å². The Bertz CT molecular complexity index is 1440. The molecule has 0 unspecified atom stereocenters. The van der Waals surface area contributed by atoms with E-state index in [0.29, 0.717) is 6.10 Å². The van der Waals surface area contributed by atoms with Gasteiger partial charge in [0.05, 0.1) is 21.2 Å². The van der Waals surface area contributed by atoms with E-state index < -0.39 is 0 Å². The van der Waals surface area contributed by atoms with Crippen molar-refractivity contribution in [2.24, 2.45) is 0 Å². The van der Waals surface area contributed by atoms with Gasteiger partial charge in [-0.3, -0.25) is 4.98 Å². The predicted molar refractivity (Wildman–Crippen MR) is 141 cm³/mol. The monoisotopic (exact) mass is 466 g/mol. The van der Waals surface area contributed by atoms with E-state index in [-0.39, 0.29) is 0 Å². The smallest absolute Gasteiger partial charge is 0.119 e. The molecule has 3 aromatic carbocycles. The molecule has 170 valence electrons. The number of piperidine rings is 1. The Kier molecular flexibility index (Phi) is 5.61. The molecule has 1 aliphatic heterocycles. The number of fused-ring (bicyclic) bond motifs is 2. The molecule has 3 heterocycles. The Balaban J connectivity index is 1.22. The fourth-order valence-electron chi connectivity index (χ4n) is 4.55. The van der Waals surface area contributed by atoms with Gasteiger partial charge in [-0.2, -0.15) is 0 Å². The van der Waals surface area contributed by atoms with Crippen LogP contribution in [0.1, 0.15) is 12.8 Å². The van der Waals surface area contributed by atoms with Crippen LogP contribution in [0.4, 0.5) is 11.4 Å². The van der Waals surface area contributed by atoms with E-state index in [1.54, 1.807) is 11.3 Å². The summed E-state index contributed by atoms with van der Waals surface area (Å²) in [5.41, 5.74) is 8.22. The van der Waals surface area contributed by atoms with Crippen LogP contribution in [-0.4, -0.2) is 41.1 Å². The quantitative estimate of drug-likeness (QED) is 0.311. The fraction of sp³-hybridized carbons (Fsp3) is 0.214. The van der Waals surface area contributed by atoms with Crippen molar-refractivity contribution in [1.29, 1.82) is 0 Å². The summed E-state index contributed by atoms with van der Waals surface area (Å²) < 4.78 is 7.40. The highest BCUT2D eigenvalue weighted by Gasteiger charge is 2.18. The number of benzene rings is 3. The summed E-state index contributed by atoms with van der Waals surface area (Å²) >= 11 is 1.66. The molecule has 0 radical (unpaired) electrons. The molecule has 5 aromatic rings. The third-order valence-corrected chi connectivity index (χ3v) is 7.32. The second-order valence-electron chi connectivity index (χ2n) is 8.90. The second-order valence-corrected chi connectivity index (χ2v) is 9.78. The maximum absolute atomic E-state index is 6.21. The number of nitrogens with zero attached hydrogens (tertiary/aromatic N) is 3. The molecule has 0 amide bonds. The third-order valence-electron chi connectivity index (χ3n) is 6.51. The molecule has 0 bridgehead atoms. The highest BCUT2D eigenvalue weighted by Crippen LogP contribution is 2.31. The molecule has 0 atom stereocenters. The SMILES string of the molecule is CN1CCC(Oc2ccc(-c3ccc4c(Nc5ccc6scnc6c5)ccnc4c3)cc2)CC1. The average molecular weight is 467 g/mol. The van der Waals surface area contributed by atoms with Crippen molar-refractivity contribution >= 4 is 43.8 Å². The molecule has 6 rings (SSSR count). The number of rotatable bonds is 5. The van der Waals surface area contributed by atoms with Gasteiger partial charge in [0, 0.05) is 36.0 Å². The van der Waals surface area contributed by atoms with Crippen LogP contribution in [0.15, 0.2) is 78.4 Å². The minimum Gasteiger partial charge on any atom is -0.490 e. The van der Waals surface area contributed by atoms with Gasteiger partial charge in [-0.25, -0.2) is 4.98 Å². The van der Waals surface area contributed by atoms with E-state index in [0.717, 1.165) is 70.6 Å². The summed E-state index contributed by atoms with van der Waals surface area (Å²) in [4.78, 5) is 11.4. The van der Waals surface area contributed by atoms with E-state index in [2.05, 4.69) is 87.9 Å². The number of hydrogen-bond acceptors (Lipinski definition) is 6. The number of hydrogen-bond donors (Lipinski definition) is 1. The zero-order valence-corrected chi connectivity index (χ0v) is 19.9. The lowest BCUT2D eigenvalue weighted by Gasteiger charge is -2.29. The molecule has 0 spiro atoms. The lowest BCUT2D eigenvalue weighted by Crippen LogP contribution is -2.35. The molecule has 6 heteroatoms. The fourth-order valence-corrected chi connectivity index (χ4v) is 5.21. The van der Waals surface area contributed by atoms with Gasteiger partial charge in [-0.05, 0) is 73.5 Å². The summed E-state index contributed by atoms with van der Waals surface area (Å²) in [5, 5.41) is 4.63. The van der Waals surface area contributed by atoms with Crippen molar-refractivity contribution in [3.05, 3.63) is 78.4 Å². The molecule has 1 fully saturated rings. The van der Waals surface area contributed by atoms with E-state index in [1.807, 2.05) is 17.8 Å². The van der Waals surface area contributed by atoms with Crippen LogP contribution in [-0.2, 0) is 0 Å². The number of anilines is 2. The standard InChI is InChI=1S/C28H26N4OS/c1-32-14-11-23(12-15-32)33-22-6-2-19(3-7-22)20-4-8-24-25(10-13-29-26(24)16-20)31-21-5-9-28-27(17-21)30-18-34-28/h2-10,13,16-18,23H,11-12,14-15H2,1H3,(H,29,31). The Morgan fingerprint density at radius 1 is 0.882 bits per heavy atom. The zero-order chi connectivity index (χ0) is 22.9. The van der Waals surface area contributed by atoms with E-state index >= 15 is 0 Å². The van der Waals surface area contributed by atoms with Gasteiger partial charge in [0.15, 0.2) is 0 Å². The summed E-state index contributed by atoms with van der Waals surface area (Å²) in [6, 6.07) is 23.2. The molecule has 1 saturated heterocycles. The van der Waals surface area contributed by atoms with Crippen molar-refractivity contribution in [3.8, 4) is 16.9 Å². The van der Waals surface area contributed by atoms with Gasteiger partial charge in [-0.1, -0.05) is 24.3 Å². The zero-order valence-electron chi connectivity index (χ0n) is 19.1. The van der Waals surface area contributed by atoms with Gasteiger partial charge in [0.2, 0.25) is 0 Å². The van der Waals surface area contributed by atoms with Crippen LogP contribution in [0.25, 0.3) is 32.2 Å². The average Bonchev–Trinajstić information content (AvgIpc) is 3.34. The maximum Gasteiger partial charge on any atom is 0.119 e. The maximum atomic E-state index is 6.21. The Morgan fingerprint density at radius 3 is 2.56 bits per heavy atom. The van der Waals surface area contributed by atoms with Crippen molar-refractivity contribution < 1.29 is 4.74 Å². The molecular weight excluding hydrogens is 440 g/mol. The topological polar surface area (TPSA) is 50.3 Å². The van der Waals surface area contributed by atoms with Gasteiger partial charge < -0.3 is 15.0 Å². The number of nitrogens with one attached hydrogen (secondary N) is 1. The lowest BCUT2D eigenvalue weighted by molar-refractivity contribution is 0.114. The second kappa shape index (κ2) is 9.05. The van der Waals surface area contributed by atoms with Crippen LogP contribution >= 0.6 is 11.3 Å². The minimum atomic E-state index is 0.314. The highest BCUT2D eigenvalue weighted by atomic mass is 32.1. The largest absolute Gasteiger partial charge is 0.490 e. The van der Waals surface area contributed by atoms with Crippen LogP contribution < -0.4 is 10.1 Å². The number of likely N-dealkylation sites (tertiary alicyclic amines) is 1. The van der Waals surface area contributed by atoms with E-state index in [4.69, 9.17) is 4.74 Å². The first kappa shape index (κ1) is 21.1. The van der Waals surface area contributed by atoms with Crippen molar-refractivity contribution in [3.63, 3.8) is 0 Å². The number of pyridine rings is 1. The molecule has 0 saturated carbocycles. The van der Waals surface area contributed by atoms with Gasteiger partial charge in [0.1, 0.15) is 11.9 Å². The van der Waals surface area contributed by atoms with E-state index in [9.17, 15) is 0 Å². The molecule has 34 heavy (non-hydrogen) atoms. The molecular formula is C28H26N4OS. The molecule has 1 N–H and O–H groups in total. The summed E-state index contributed by atoms with van der Waals surface area (Å²) in [6.45, 7) is 2.20. The van der Waals surface area contributed by atoms with Crippen LogP contribution in [0.5, 0.6) is 5.75 Å². The molecule has 0 aliphatic carbocycles. The normalized spacial score (nSPS) is 15.1.